The van der Waals surface area contributed by atoms with Crippen molar-refractivity contribution in [1.29, 1.82) is 0 Å². The van der Waals surface area contributed by atoms with Crippen molar-refractivity contribution in [3.05, 3.63) is 65.9 Å². The number of furan rings is 1. The van der Waals surface area contributed by atoms with Gasteiger partial charge in [0.05, 0.1) is 31.9 Å². The van der Waals surface area contributed by atoms with Gasteiger partial charge in [-0.25, -0.2) is 0 Å². The summed E-state index contributed by atoms with van der Waals surface area (Å²) < 4.78 is 18.4. The first kappa shape index (κ1) is 23.4. The third-order valence-electron chi connectivity index (χ3n) is 5.34. The summed E-state index contributed by atoms with van der Waals surface area (Å²) in [5.41, 5.74) is 3.67. The molecular weight excluding hydrogens is 452 g/mol. The standard InChI is InChI=1S/C25H26N4O4S/c1-5-17-9-6-8-16(2)23(17)26-22(30)15-34-25-28-27-24(21-10-7-13-33-21)29(25)19-14-18(31-3)11-12-20(19)32-4/h6-14H,5,15H2,1-4H3,(H,26,30). The number of ether oxygens (including phenoxy) is 2. The van der Waals surface area contributed by atoms with Crippen LogP contribution in [-0.4, -0.2) is 40.6 Å². The van der Waals surface area contributed by atoms with E-state index in [2.05, 4.69) is 22.4 Å². The highest BCUT2D eigenvalue weighted by Gasteiger charge is 2.22. The lowest BCUT2D eigenvalue weighted by molar-refractivity contribution is -0.113. The second-order valence-electron chi connectivity index (χ2n) is 7.46. The number of carbonyl (C=O) groups excluding carboxylic acids is 1. The van der Waals surface area contributed by atoms with Crippen molar-refractivity contribution in [2.75, 3.05) is 25.3 Å². The zero-order valence-electron chi connectivity index (χ0n) is 19.5. The van der Waals surface area contributed by atoms with E-state index >= 15 is 0 Å². The van der Waals surface area contributed by atoms with Crippen LogP contribution in [0.4, 0.5) is 5.69 Å². The van der Waals surface area contributed by atoms with Gasteiger partial charge in [-0.2, -0.15) is 0 Å². The molecular formula is C25H26N4O4S. The minimum absolute atomic E-state index is 0.124. The first-order valence-corrected chi connectivity index (χ1v) is 11.8. The zero-order chi connectivity index (χ0) is 24.1. The number of nitrogens with one attached hydrogen (secondary N) is 1. The first-order valence-electron chi connectivity index (χ1n) is 10.8. The van der Waals surface area contributed by atoms with Gasteiger partial charge in [0, 0.05) is 11.8 Å². The summed E-state index contributed by atoms with van der Waals surface area (Å²) in [5.74, 6) is 2.32. The number of benzene rings is 2. The molecule has 2 heterocycles. The Bertz CT molecular complexity index is 1280. The van der Waals surface area contributed by atoms with Crippen LogP contribution in [0.1, 0.15) is 18.1 Å². The number of nitrogens with zero attached hydrogens (tertiary/aromatic N) is 3. The monoisotopic (exact) mass is 478 g/mol. The van der Waals surface area contributed by atoms with Crippen molar-refractivity contribution in [1.82, 2.24) is 14.8 Å². The molecule has 9 heteroatoms. The normalized spacial score (nSPS) is 10.8. The summed E-state index contributed by atoms with van der Waals surface area (Å²) in [5, 5.41) is 12.3. The molecule has 4 rings (SSSR count). The predicted molar refractivity (Wildman–Crippen MR) is 132 cm³/mol. The summed E-state index contributed by atoms with van der Waals surface area (Å²) in [4.78, 5) is 12.9. The molecule has 1 N–H and O–H groups in total. The topological polar surface area (TPSA) is 91.4 Å². The predicted octanol–water partition coefficient (Wildman–Crippen LogP) is 5.15. The molecule has 0 aliphatic carbocycles. The van der Waals surface area contributed by atoms with Crippen LogP contribution in [0.2, 0.25) is 0 Å². The Hall–Kier alpha value is -3.72. The molecule has 0 aliphatic rings. The Morgan fingerprint density at radius 3 is 2.68 bits per heavy atom. The third kappa shape index (κ3) is 4.79. The fourth-order valence-corrected chi connectivity index (χ4v) is 4.37. The van der Waals surface area contributed by atoms with Gasteiger partial charge in [-0.3, -0.25) is 9.36 Å². The van der Waals surface area contributed by atoms with E-state index in [-0.39, 0.29) is 11.7 Å². The number of amides is 1. The fraction of sp³-hybridized carbons (Fsp3) is 0.240. The Morgan fingerprint density at radius 1 is 1.12 bits per heavy atom. The van der Waals surface area contributed by atoms with E-state index in [4.69, 9.17) is 13.9 Å². The second kappa shape index (κ2) is 10.5. The van der Waals surface area contributed by atoms with Crippen LogP contribution in [-0.2, 0) is 11.2 Å². The summed E-state index contributed by atoms with van der Waals surface area (Å²) in [7, 11) is 3.19. The molecule has 4 aromatic rings. The highest BCUT2D eigenvalue weighted by Crippen LogP contribution is 2.35. The quantitative estimate of drug-likeness (QED) is 0.333. The molecule has 0 fully saturated rings. The number of aryl methyl sites for hydroxylation is 2. The molecule has 0 aliphatic heterocycles. The number of para-hydroxylation sites is 1. The van der Waals surface area contributed by atoms with Gasteiger partial charge in [0.1, 0.15) is 11.5 Å². The molecule has 0 radical (unpaired) electrons. The van der Waals surface area contributed by atoms with Crippen LogP contribution in [0.25, 0.3) is 17.3 Å². The largest absolute Gasteiger partial charge is 0.497 e. The van der Waals surface area contributed by atoms with Crippen LogP contribution in [0.15, 0.2) is 64.4 Å². The minimum Gasteiger partial charge on any atom is -0.497 e. The van der Waals surface area contributed by atoms with Crippen LogP contribution >= 0.6 is 11.8 Å². The maximum Gasteiger partial charge on any atom is 0.234 e. The molecule has 2 aromatic carbocycles. The Labute approximate surface area is 202 Å². The number of rotatable bonds is 9. The van der Waals surface area contributed by atoms with Gasteiger partial charge in [0.2, 0.25) is 11.7 Å². The summed E-state index contributed by atoms with van der Waals surface area (Å²) in [6, 6.07) is 15.1. The first-order chi connectivity index (χ1) is 16.5. The molecule has 0 spiro atoms. The molecule has 176 valence electrons. The number of carbonyl (C=O) groups is 1. The average Bonchev–Trinajstić information content (AvgIpc) is 3.53. The smallest absolute Gasteiger partial charge is 0.234 e. The van der Waals surface area contributed by atoms with E-state index in [1.165, 1.54) is 11.8 Å². The van der Waals surface area contributed by atoms with E-state index in [0.717, 1.165) is 23.2 Å². The van der Waals surface area contributed by atoms with Crippen molar-refractivity contribution in [3.8, 4) is 28.8 Å². The minimum atomic E-state index is -0.124. The maximum absolute atomic E-state index is 12.9. The van der Waals surface area contributed by atoms with Gasteiger partial charge in [-0.15, -0.1) is 10.2 Å². The number of methoxy groups -OCH3 is 2. The number of hydrogen-bond acceptors (Lipinski definition) is 7. The summed E-state index contributed by atoms with van der Waals surface area (Å²) in [6.45, 7) is 4.06. The summed E-state index contributed by atoms with van der Waals surface area (Å²) in [6.07, 6.45) is 2.41. The fourth-order valence-electron chi connectivity index (χ4n) is 3.63. The van der Waals surface area contributed by atoms with E-state index in [1.807, 2.05) is 47.9 Å². The van der Waals surface area contributed by atoms with Crippen molar-refractivity contribution in [2.24, 2.45) is 0 Å². The molecule has 0 bridgehead atoms. The van der Waals surface area contributed by atoms with Gasteiger partial charge < -0.3 is 19.2 Å². The van der Waals surface area contributed by atoms with E-state index in [9.17, 15) is 4.79 Å². The van der Waals surface area contributed by atoms with Crippen LogP contribution in [0, 0.1) is 6.92 Å². The van der Waals surface area contributed by atoms with Gasteiger partial charge in [0.25, 0.3) is 0 Å². The lowest BCUT2D eigenvalue weighted by Crippen LogP contribution is -2.16. The molecule has 0 saturated carbocycles. The summed E-state index contributed by atoms with van der Waals surface area (Å²) >= 11 is 1.28. The highest BCUT2D eigenvalue weighted by atomic mass is 32.2. The van der Waals surface area contributed by atoms with E-state index in [0.29, 0.717) is 33.9 Å². The van der Waals surface area contributed by atoms with Crippen molar-refractivity contribution in [3.63, 3.8) is 0 Å². The molecule has 2 aromatic heterocycles. The van der Waals surface area contributed by atoms with E-state index in [1.54, 1.807) is 32.6 Å². The van der Waals surface area contributed by atoms with E-state index < -0.39 is 0 Å². The van der Waals surface area contributed by atoms with Crippen molar-refractivity contribution >= 4 is 23.4 Å². The molecule has 1 amide bonds. The highest BCUT2D eigenvalue weighted by molar-refractivity contribution is 7.99. The third-order valence-corrected chi connectivity index (χ3v) is 6.27. The van der Waals surface area contributed by atoms with Crippen LogP contribution in [0.3, 0.4) is 0 Å². The van der Waals surface area contributed by atoms with Gasteiger partial charge in [-0.05, 0) is 48.7 Å². The van der Waals surface area contributed by atoms with Crippen molar-refractivity contribution < 1.29 is 18.7 Å². The van der Waals surface area contributed by atoms with Crippen molar-refractivity contribution in [2.45, 2.75) is 25.4 Å². The SMILES string of the molecule is CCc1cccc(C)c1NC(=O)CSc1nnc(-c2ccco2)n1-c1cc(OC)ccc1OC. The Kier molecular flexibility index (Phi) is 7.22. The number of anilines is 1. The number of thioether (sulfide) groups is 1. The number of hydrogen-bond donors (Lipinski definition) is 1. The molecule has 0 atom stereocenters. The zero-order valence-corrected chi connectivity index (χ0v) is 20.3. The van der Waals surface area contributed by atoms with Crippen LogP contribution in [0.5, 0.6) is 11.5 Å². The molecule has 8 nitrogen and oxygen atoms in total. The van der Waals surface area contributed by atoms with Crippen LogP contribution < -0.4 is 14.8 Å². The maximum atomic E-state index is 12.9. The molecule has 0 saturated heterocycles. The lowest BCUT2D eigenvalue weighted by atomic mass is 10.1. The van der Waals surface area contributed by atoms with Gasteiger partial charge >= 0.3 is 0 Å². The van der Waals surface area contributed by atoms with Gasteiger partial charge in [-0.1, -0.05) is 36.9 Å². The lowest BCUT2D eigenvalue weighted by Gasteiger charge is -2.15. The molecule has 0 unspecified atom stereocenters. The number of aromatic nitrogens is 3. The van der Waals surface area contributed by atoms with Gasteiger partial charge in [0.15, 0.2) is 10.9 Å². The Balaban J connectivity index is 1.66. The second-order valence-corrected chi connectivity index (χ2v) is 8.40. The average molecular weight is 479 g/mol. The molecule has 34 heavy (non-hydrogen) atoms. The Morgan fingerprint density at radius 2 is 1.97 bits per heavy atom.